The fraction of sp³-hybridized carbons (Fsp3) is 0.0526. The van der Waals surface area contributed by atoms with E-state index in [1.54, 1.807) is 18.3 Å². The fourth-order valence-corrected chi connectivity index (χ4v) is 2.75. The number of para-hydroxylation sites is 1. The normalized spacial score (nSPS) is 10.3. The minimum atomic E-state index is -0.0899. The summed E-state index contributed by atoms with van der Waals surface area (Å²) < 4.78 is 5.74. The first-order valence-electron chi connectivity index (χ1n) is 7.19. The molecule has 3 nitrogen and oxygen atoms in total. The summed E-state index contributed by atoms with van der Waals surface area (Å²) in [5, 5.41) is -0.0899. The second-order valence-corrected chi connectivity index (χ2v) is 6.02. The van der Waals surface area contributed by atoms with Crippen LogP contribution >= 0.6 is 11.8 Å². The van der Waals surface area contributed by atoms with Gasteiger partial charge in [-0.05, 0) is 55.1 Å². The maximum Gasteiger partial charge on any atom is 0.231 e. The summed E-state index contributed by atoms with van der Waals surface area (Å²) in [7, 11) is 0. The molecule has 0 saturated carbocycles. The predicted molar refractivity (Wildman–Crippen MR) is 92.1 cm³/mol. The monoisotopic (exact) mass is 321 g/mol. The fourth-order valence-electron chi connectivity index (χ4n) is 2.00. The molecular formula is C19H15NO2S. The molecule has 114 valence electrons. The Kier molecular flexibility index (Phi) is 4.74. The molecule has 0 N–H and O–H groups in total. The molecule has 23 heavy (non-hydrogen) atoms. The zero-order chi connectivity index (χ0) is 16.1. The first kappa shape index (κ1) is 15.3. The highest BCUT2D eigenvalue weighted by molar-refractivity contribution is 8.14. The molecule has 0 aliphatic heterocycles. The van der Waals surface area contributed by atoms with Crippen LogP contribution in [0, 0.1) is 6.92 Å². The molecule has 0 unspecified atom stereocenters. The van der Waals surface area contributed by atoms with Crippen LogP contribution in [0.1, 0.15) is 15.9 Å². The summed E-state index contributed by atoms with van der Waals surface area (Å²) in [5.41, 5.74) is 1.62. The van der Waals surface area contributed by atoms with Crippen molar-refractivity contribution in [2.45, 2.75) is 11.8 Å². The lowest BCUT2D eigenvalue weighted by Crippen LogP contribution is -1.99. The molecule has 2 aromatic carbocycles. The maximum atomic E-state index is 12.6. The molecule has 0 amide bonds. The van der Waals surface area contributed by atoms with Crippen molar-refractivity contribution in [1.82, 2.24) is 4.98 Å². The first-order valence-corrected chi connectivity index (χ1v) is 8.01. The number of aromatic nitrogens is 1. The van der Waals surface area contributed by atoms with Crippen LogP contribution in [0.15, 0.2) is 77.8 Å². The minimum Gasteiger partial charge on any atom is -0.438 e. The van der Waals surface area contributed by atoms with Crippen molar-refractivity contribution < 1.29 is 9.53 Å². The number of rotatable bonds is 4. The molecule has 1 aromatic heterocycles. The van der Waals surface area contributed by atoms with Gasteiger partial charge < -0.3 is 4.74 Å². The smallest absolute Gasteiger partial charge is 0.231 e. The van der Waals surface area contributed by atoms with Crippen LogP contribution in [0.5, 0.6) is 11.6 Å². The second-order valence-electron chi connectivity index (χ2n) is 4.97. The van der Waals surface area contributed by atoms with Gasteiger partial charge in [0, 0.05) is 11.1 Å². The summed E-state index contributed by atoms with van der Waals surface area (Å²) in [4.78, 5) is 17.6. The number of benzene rings is 2. The average Bonchev–Trinajstić information content (AvgIpc) is 2.58. The number of thioether (sulfide) groups is 1. The van der Waals surface area contributed by atoms with Crippen molar-refractivity contribution in [2.75, 3.05) is 0 Å². The van der Waals surface area contributed by atoms with E-state index < -0.39 is 0 Å². The van der Waals surface area contributed by atoms with Crippen LogP contribution in [0.25, 0.3) is 0 Å². The van der Waals surface area contributed by atoms with Gasteiger partial charge in [0.1, 0.15) is 5.75 Å². The van der Waals surface area contributed by atoms with Gasteiger partial charge in [0.15, 0.2) is 0 Å². The minimum absolute atomic E-state index is 0.0899. The Morgan fingerprint density at radius 2 is 1.70 bits per heavy atom. The highest BCUT2D eigenvalue weighted by Gasteiger charge is 2.15. The van der Waals surface area contributed by atoms with E-state index in [1.165, 1.54) is 11.8 Å². The topological polar surface area (TPSA) is 39.2 Å². The van der Waals surface area contributed by atoms with Gasteiger partial charge in [-0.3, -0.25) is 4.79 Å². The van der Waals surface area contributed by atoms with E-state index in [0.717, 1.165) is 10.5 Å². The Morgan fingerprint density at radius 3 is 2.43 bits per heavy atom. The summed E-state index contributed by atoms with van der Waals surface area (Å²) >= 11 is 1.17. The van der Waals surface area contributed by atoms with E-state index >= 15 is 0 Å². The van der Waals surface area contributed by atoms with Crippen molar-refractivity contribution in [1.29, 1.82) is 0 Å². The highest BCUT2D eigenvalue weighted by atomic mass is 32.2. The molecule has 1 heterocycles. The SMILES string of the molecule is Cc1ccc(SC(=O)c2cccnc2Oc2ccccc2)cc1. The van der Waals surface area contributed by atoms with Crippen LogP contribution in [-0.2, 0) is 0 Å². The van der Waals surface area contributed by atoms with Crippen molar-refractivity contribution >= 4 is 16.9 Å². The molecule has 0 radical (unpaired) electrons. The molecule has 3 rings (SSSR count). The standard InChI is InChI=1S/C19H15NO2S/c1-14-9-11-16(12-10-14)23-19(21)17-8-5-13-20-18(17)22-15-6-3-2-4-7-15/h2-13H,1H3. The lowest BCUT2D eigenvalue weighted by Gasteiger charge is -2.09. The van der Waals surface area contributed by atoms with Crippen LogP contribution in [0.2, 0.25) is 0 Å². The van der Waals surface area contributed by atoms with Crippen molar-refractivity contribution in [3.8, 4) is 11.6 Å². The summed E-state index contributed by atoms with van der Waals surface area (Å²) in [6.45, 7) is 2.02. The second kappa shape index (κ2) is 7.11. The quantitative estimate of drug-likeness (QED) is 0.626. The Hall–Kier alpha value is -2.59. The van der Waals surface area contributed by atoms with Gasteiger partial charge in [0.2, 0.25) is 11.0 Å². The molecule has 0 spiro atoms. The first-order chi connectivity index (χ1) is 11.2. The van der Waals surface area contributed by atoms with Crippen LogP contribution in [0.4, 0.5) is 0 Å². The zero-order valence-electron chi connectivity index (χ0n) is 12.6. The Labute approximate surface area is 139 Å². The summed E-state index contributed by atoms with van der Waals surface area (Å²) in [6.07, 6.45) is 1.62. The maximum absolute atomic E-state index is 12.6. The molecule has 0 atom stereocenters. The molecule has 0 aliphatic rings. The highest BCUT2D eigenvalue weighted by Crippen LogP contribution is 2.29. The van der Waals surface area contributed by atoms with E-state index in [9.17, 15) is 4.79 Å². The van der Waals surface area contributed by atoms with Crippen molar-refractivity contribution in [3.05, 3.63) is 84.1 Å². The molecule has 0 aliphatic carbocycles. The molecule has 4 heteroatoms. The van der Waals surface area contributed by atoms with Gasteiger partial charge >= 0.3 is 0 Å². The van der Waals surface area contributed by atoms with E-state index in [2.05, 4.69) is 4.98 Å². The number of hydrogen-bond acceptors (Lipinski definition) is 4. The Morgan fingerprint density at radius 1 is 0.957 bits per heavy atom. The van der Waals surface area contributed by atoms with Crippen LogP contribution < -0.4 is 4.74 Å². The lowest BCUT2D eigenvalue weighted by atomic mass is 10.2. The average molecular weight is 321 g/mol. The van der Waals surface area contributed by atoms with Crippen molar-refractivity contribution in [2.24, 2.45) is 0 Å². The third-order valence-corrected chi connectivity index (χ3v) is 4.09. The molecule has 0 bridgehead atoms. The molecule has 0 saturated heterocycles. The Balaban J connectivity index is 1.82. The van der Waals surface area contributed by atoms with E-state index in [-0.39, 0.29) is 5.12 Å². The lowest BCUT2D eigenvalue weighted by molar-refractivity contribution is 0.108. The van der Waals surface area contributed by atoms with Gasteiger partial charge in [0.05, 0.1) is 5.56 Å². The largest absolute Gasteiger partial charge is 0.438 e. The van der Waals surface area contributed by atoms with Gasteiger partial charge in [-0.25, -0.2) is 4.98 Å². The molecule has 0 fully saturated rings. The summed E-state index contributed by atoms with van der Waals surface area (Å²) in [6, 6.07) is 20.6. The number of aryl methyl sites for hydroxylation is 1. The van der Waals surface area contributed by atoms with Gasteiger partial charge in [-0.1, -0.05) is 35.9 Å². The van der Waals surface area contributed by atoms with Crippen LogP contribution in [0.3, 0.4) is 0 Å². The van der Waals surface area contributed by atoms with Crippen molar-refractivity contribution in [3.63, 3.8) is 0 Å². The molecule has 3 aromatic rings. The van der Waals surface area contributed by atoms with Crippen LogP contribution in [-0.4, -0.2) is 10.1 Å². The van der Waals surface area contributed by atoms with E-state index in [1.807, 2.05) is 61.5 Å². The van der Waals surface area contributed by atoms with E-state index in [4.69, 9.17) is 4.74 Å². The predicted octanol–water partition coefficient (Wildman–Crippen LogP) is 5.11. The molecular weight excluding hydrogens is 306 g/mol. The number of pyridine rings is 1. The van der Waals surface area contributed by atoms with Gasteiger partial charge in [-0.15, -0.1) is 0 Å². The number of carbonyl (C=O) groups is 1. The Bertz CT molecular complexity index is 801. The number of hydrogen-bond donors (Lipinski definition) is 0. The third kappa shape index (κ3) is 3.99. The van der Waals surface area contributed by atoms with Gasteiger partial charge in [-0.2, -0.15) is 0 Å². The number of nitrogens with zero attached hydrogens (tertiary/aromatic N) is 1. The number of ether oxygens (including phenoxy) is 1. The summed E-state index contributed by atoms with van der Waals surface area (Å²) in [5.74, 6) is 0.976. The third-order valence-electron chi connectivity index (χ3n) is 3.18. The zero-order valence-corrected chi connectivity index (χ0v) is 13.4. The van der Waals surface area contributed by atoms with Gasteiger partial charge in [0.25, 0.3) is 0 Å². The van der Waals surface area contributed by atoms with E-state index in [0.29, 0.717) is 17.2 Å². The number of carbonyl (C=O) groups excluding carboxylic acids is 1.